The maximum atomic E-state index is 6.02. The molecule has 3 rings (SSSR count). The molecule has 0 aliphatic heterocycles. The van der Waals surface area contributed by atoms with E-state index in [-0.39, 0.29) is 0 Å². The topological polar surface area (TPSA) is 80.0 Å². The summed E-state index contributed by atoms with van der Waals surface area (Å²) in [6.07, 6.45) is 4.55. The number of hydrogen-bond acceptors (Lipinski definition) is 7. The van der Waals surface area contributed by atoms with Crippen molar-refractivity contribution in [2.24, 2.45) is 4.99 Å². The van der Waals surface area contributed by atoms with Gasteiger partial charge in [0.15, 0.2) is 0 Å². The Balaban J connectivity index is 1.54. The summed E-state index contributed by atoms with van der Waals surface area (Å²) in [5.74, 6) is 0.748. The highest BCUT2D eigenvalue weighted by molar-refractivity contribution is 6.60. The number of aliphatic imine (C=N–C) groups is 1. The molecule has 0 radical (unpaired) electrons. The second-order valence-electron chi connectivity index (χ2n) is 7.48. The van der Waals surface area contributed by atoms with Crippen molar-refractivity contribution in [2.75, 3.05) is 19.8 Å². The molecule has 3 aromatic rings. The zero-order chi connectivity index (χ0) is 24.1. The number of ether oxygens (including phenoxy) is 1. The van der Waals surface area contributed by atoms with Crippen molar-refractivity contribution in [1.82, 2.24) is 15.0 Å². The molecule has 9 heteroatoms. The normalized spacial score (nSPS) is 11.9. The first-order chi connectivity index (χ1) is 16.7. The minimum Gasteiger partial charge on any atom is -0.486 e. The van der Waals surface area contributed by atoms with E-state index >= 15 is 0 Å². The smallest absolute Gasteiger partial charge is 0.486 e. The molecule has 0 aliphatic rings. The van der Waals surface area contributed by atoms with Crippen LogP contribution in [0, 0.1) is 0 Å². The van der Waals surface area contributed by atoms with E-state index in [4.69, 9.17) is 18.0 Å². The molecule has 0 unspecified atom stereocenters. The van der Waals surface area contributed by atoms with Gasteiger partial charge in [-0.2, -0.15) is 0 Å². The van der Waals surface area contributed by atoms with E-state index in [9.17, 15) is 0 Å². The molecule has 0 fully saturated rings. The molecule has 1 aromatic heterocycles. The lowest BCUT2D eigenvalue weighted by Crippen LogP contribution is -2.46. The Bertz CT molecular complexity index is 996. The van der Waals surface area contributed by atoms with Crippen LogP contribution in [-0.4, -0.2) is 49.8 Å². The highest BCUT2D eigenvalue weighted by atomic mass is 28.4. The van der Waals surface area contributed by atoms with Crippen LogP contribution in [0.1, 0.15) is 38.4 Å². The van der Waals surface area contributed by atoms with Gasteiger partial charge in [0.2, 0.25) is 0 Å². The van der Waals surface area contributed by atoms with Gasteiger partial charge in [0.05, 0.1) is 11.9 Å². The lowest BCUT2D eigenvalue weighted by molar-refractivity contribution is 0.0704. The Kier molecular flexibility index (Phi) is 10.4. The first kappa shape index (κ1) is 25.8. The molecule has 34 heavy (non-hydrogen) atoms. The Labute approximate surface area is 202 Å². The van der Waals surface area contributed by atoms with Crippen molar-refractivity contribution in [1.29, 1.82) is 0 Å². The van der Waals surface area contributed by atoms with Gasteiger partial charge in [0.25, 0.3) is 0 Å². The molecule has 0 saturated heterocycles. The summed E-state index contributed by atoms with van der Waals surface area (Å²) < 4.78 is 25.6. The summed E-state index contributed by atoms with van der Waals surface area (Å²) in [4.78, 5) is 4.52. The van der Waals surface area contributed by atoms with Crippen molar-refractivity contribution >= 4 is 20.7 Å². The van der Waals surface area contributed by atoms with Crippen LogP contribution in [0.15, 0.2) is 65.8 Å². The van der Waals surface area contributed by atoms with Crippen molar-refractivity contribution < 1.29 is 18.0 Å². The van der Waals surface area contributed by atoms with Crippen LogP contribution in [0.3, 0.4) is 0 Å². The summed E-state index contributed by atoms with van der Waals surface area (Å²) in [6.45, 7) is 8.66. The highest BCUT2D eigenvalue weighted by Gasteiger charge is 2.39. The van der Waals surface area contributed by atoms with Gasteiger partial charge in [-0.3, -0.25) is 9.67 Å². The van der Waals surface area contributed by atoms with Crippen LogP contribution in [0.4, 0.5) is 5.69 Å². The number of benzene rings is 2. The predicted molar refractivity (Wildman–Crippen MR) is 135 cm³/mol. The molecule has 0 atom stereocenters. The fourth-order valence-electron chi connectivity index (χ4n) is 3.50. The molecule has 0 amide bonds. The average molecular weight is 483 g/mol. The lowest BCUT2D eigenvalue weighted by atomic mass is 10.2. The molecule has 0 aliphatic carbocycles. The molecule has 8 nitrogen and oxygen atoms in total. The minimum atomic E-state index is -2.64. The molecular weight excluding hydrogens is 448 g/mol. The summed E-state index contributed by atoms with van der Waals surface area (Å²) >= 11 is 0. The van der Waals surface area contributed by atoms with Crippen LogP contribution in [0.2, 0.25) is 6.04 Å². The average Bonchev–Trinajstić information content (AvgIpc) is 3.31. The van der Waals surface area contributed by atoms with Gasteiger partial charge >= 0.3 is 8.80 Å². The molecule has 0 saturated carbocycles. The third-order valence-electron chi connectivity index (χ3n) is 4.95. The predicted octanol–water partition coefficient (Wildman–Crippen LogP) is 5.05. The number of hydrogen-bond donors (Lipinski definition) is 0. The zero-order valence-corrected chi connectivity index (χ0v) is 21.2. The van der Waals surface area contributed by atoms with Crippen molar-refractivity contribution in [3.05, 3.63) is 72.1 Å². The van der Waals surface area contributed by atoms with E-state index in [2.05, 4.69) is 15.3 Å². The summed E-state index contributed by atoms with van der Waals surface area (Å²) in [5.41, 5.74) is 2.56. The quantitative estimate of drug-likeness (QED) is 0.223. The third kappa shape index (κ3) is 7.88. The summed E-state index contributed by atoms with van der Waals surface area (Å²) in [7, 11) is -2.64. The Morgan fingerprint density at radius 3 is 2.29 bits per heavy atom. The Morgan fingerprint density at radius 2 is 1.59 bits per heavy atom. The SMILES string of the molecule is CCO[Si](CCCn1cc(COc2ccccc2C=Nc2ccccc2)nn1)(OCC)OCC. The second-order valence-corrected chi connectivity index (χ2v) is 10.2. The maximum absolute atomic E-state index is 6.02. The largest absolute Gasteiger partial charge is 0.500 e. The summed E-state index contributed by atoms with van der Waals surface area (Å²) in [6, 6.07) is 18.4. The van der Waals surface area contributed by atoms with Crippen LogP contribution in [-0.2, 0) is 26.4 Å². The van der Waals surface area contributed by atoms with Crippen molar-refractivity contribution in [2.45, 2.75) is 46.4 Å². The second kappa shape index (κ2) is 13.8. The van der Waals surface area contributed by atoms with E-state index in [1.54, 1.807) is 0 Å². The van der Waals surface area contributed by atoms with E-state index in [1.165, 1.54) is 0 Å². The van der Waals surface area contributed by atoms with Gasteiger partial charge in [-0.25, -0.2) is 0 Å². The first-order valence-corrected chi connectivity index (χ1v) is 13.7. The van der Waals surface area contributed by atoms with Gasteiger partial charge in [-0.05, 0) is 51.5 Å². The van der Waals surface area contributed by atoms with Crippen molar-refractivity contribution in [3.63, 3.8) is 0 Å². The zero-order valence-electron chi connectivity index (χ0n) is 20.2. The Morgan fingerprint density at radius 1 is 0.912 bits per heavy atom. The van der Waals surface area contributed by atoms with E-state index in [0.29, 0.717) is 33.0 Å². The fraction of sp³-hybridized carbons (Fsp3) is 0.400. The highest BCUT2D eigenvalue weighted by Crippen LogP contribution is 2.20. The van der Waals surface area contributed by atoms with Crippen LogP contribution >= 0.6 is 0 Å². The monoisotopic (exact) mass is 482 g/mol. The first-order valence-electron chi connectivity index (χ1n) is 11.8. The fourth-order valence-corrected chi connectivity index (χ4v) is 6.09. The minimum absolute atomic E-state index is 0.325. The molecule has 1 heterocycles. The molecule has 0 spiro atoms. The molecule has 182 valence electrons. The van der Waals surface area contributed by atoms with Gasteiger partial charge < -0.3 is 18.0 Å². The lowest BCUT2D eigenvalue weighted by Gasteiger charge is -2.28. The molecule has 0 N–H and O–H groups in total. The molecule has 2 aromatic carbocycles. The van der Waals surface area contributed by atoms with Gasteiger partial charge in [0.1, 0.15) is 18.1 Å². The van der Waals surface area contributed by atoms with Gasteiger partial charge in [0, 0.05) is 44.2 Å². The van der Waals surface area contributed by atoms with Crippen LogP contribution < -0.4 is 4.74 Å². The summed E-state index contributed by atoms with van der Waals surface area (Å²) in [5, 5.41) is 8.49. The molecule has 0 bridgehead atoms. The van der Waals surface area contributed by atoms with Gasteiger partial charge in [-0.1, -0.05) is 35.5 Å². The van der Waals surface area contributed by atoms with Crippen molar-refractivity contribution in [3.8, 4) is 5.75 Å². The van der Waals surface area contributed by atoms with E-state index in [0.717, 1.165) is 35.2 Å². The van der Waals surface area contributed by atoms with Crippen LogP contribution in [0.25, 0.3) is 0 Å². The number of nitrogens with zero attached hydrogens (tertiary/aromatic N) is 4. The number of aryl methyl sites for hydroxylation is 1. The number of aromatic nitrogens is 3. The van der Waals surface area contributed by atoms with Crippen LogP contribution in [0.5, 0.6) is 5.75 Å². The maximum Gasteiger partial charge on any atom is 0.500 e. The van der Waals surface area contributed by atoms with E-state index in [1.807, 2.05) is 92.5 Å². The van der Waals surface area contributed by atoms with E-state index < -0.39 is 8.80 Å². The Hall–Kier alpha value is -2.85. The number of para-hydroxylation sites is 2. The molecular formula is C25H34N4O4Si. The van der Waals surface area contributed by atoms with Gasteiger partial charge in [-0.15, -0.1) is 5.10 Å². The standard InChI is InChI=1S/C25H34N4O4Si/c1-4-31-34(32-5-2,33-6-3)18-12-17-29-20-24(27-28-29)21-30-25-16-11-10-13-22(25)19-26-23-14-8-7-9-15-23/h7-11,13-16,19-20H,4-6,12,17-18,21H2,1-3H3. The third-order valence-corrected chi connectivity index (χ3v) is 8.10. The number of rotatable bonds is 15.